The molecule has 2 aromatic carbocycles. The molecule has 3 aromatic rings. The normalized spacial score (nSPS) is 14.9. The maximum atomic E-state index is 12.7. The first-order valence-electron chi connectivity index (χ1n) is 12.3. The van der Waals surface area contributed by atoms with E-state index in [2.05, 4.69) is 27.1 Å². The van der Waals surface area contributed by atoms with E-state index in [0.717, 1.165) is 24.2 Å². The minimum absolute atomic E-state index is 0.0127. The molecule has 4 rings (SSSR count). The standard InChI is InChI=1S/C29H32N4O4/c1-29(2,3)37-28(34)33-18-8-11-22(33)19-30-25-20-31-26(17-12-21-9-6-5-7-10-21)32-27(25)36-24-15-13-23(35-4)14-16-24/h5-7,9-10,13-16,20,22,30H,8,11,18-19H2,1-4H3. The summed E-state index contributed by atoms with van der Waals surface area (Å²) in [6.07, 6.45) is 3.16. The molecule has 0 spiro atoms. The van der Waals surface area contributed by atoms with Crippen molar-refractivity contribution >= 4 is 11.8 Å². The van der Waals surface area contributed by atoms with Gasteiger partial charge in [-0.2, -0.15) is 4.98 Å². The van der Waals surface area contributed by atoms with Crippen molar-refractivity contribution in [3.63, 3.8) is 0 Å². The van der Waals surface area contributed by atoms with Crippen LogP contribution in [0.3, 0.4) is 0 Å². The Morgan fingerprint density at radius 1 is 1.08 bits per heavy atom. The lowest BCUT2D eigenvalue weighted by Crippen LogP contribution is -2.42. The molecular formula is C29H32N4O4. The summed E-state index contributed by atoms with van der Waals surface area (Å²) < 4.78 is 16.9. The van der Waals surface area contributed by atoms with Gasteiger partial charge in [0, 0.05) is 18.7 Å². The second kappa shape index (κ2) is 11.7. The van der Waals surface area contributed by atoms with Crippen LogP contribution in [0, 0.1) is 11.8 Å². The van der Waals surface area contributed by atoms with Crippen molar-refractivity contribution < 1.29 is 19.0 Å². The largest absolute Gasteiger partial charge is 0.497 e. The summed E-state index contributed by atoms with van der Waals surface area (Å²) in [6, 6.07) is 16.9. The molecular weight excluding hydrogens is 468 g/mol. The van der Waals surface area contributed by atoms with E-state index in [1.165, 1.54) is 0 Å². The number of carbonyl (C=O) groups is 1. The van der Waals surface area contributed by atoms with Gasteiger partial charge in [-0.15, -0.1) is 0 Å². The zero-order valence-electron chi connectivity index (χ0n) is 21.7. The molecule has 0 saturated carbocycles. The zero-order chi connectivity index (χ0) is 26.3. The Kier molecular flexibility index (Phi) is 8.14. The average molecular weight is 501 g/mol. The quantitative estimate of drug-likeness (QED) is 0.448. The Morgan fingerprint density at radius 3 is 2.51 bits per heavy atom. The first-order valence-corrected chi connectivity index (χ1v) is 12.3. The van der Waals surface area contributed by atoms with Gasteiger partial charge in [0.1, 0.15) is 22.8 Å². The lowest BCUT2D eigenvalue weighted by molar-refractivity contribution is 0.0235. The van der Waals surface area contributed by atoms with Gasteiger partial charge >= 0.3 is 6.09 Å². The SMILES string of the molecule is COc1ccc(Oc2nc(C#Cc3ccccc3)ncc2NCC2CCCN2C(=O)OC(C)(C)C)cc1. The molecule has 1 N–H and O–H groups in total. The molecule has 0 aliphatic carbocycles. The molecule has 8 nitrogen and oxygen atoms in total. The lowest BCUT2D eigenvalue weighted by atomic mass is 10.2. The second-order valence-electron chi connectivity index (χ2n) is 9.66. The molecule has 8 heteroatoms. The number of anilines is 1. The van der Waals surface area contributed by atoms with Gasteiger partial charge in [-0.3, -0.25) is 0 Å². The van der Waals surface area contributed by atoms with E-state index < -0.39 is 5.60 Å². The minimum atomic E-state index is -0.540. The number of methoxy groups -OCH3 is 1. The summed E-state index contributed by atoms with van der Waals surface area (Å²) in [5, 5.41) is 3.37. The van der Waals surface area contributed by atoms with Crippen LogP contribution in [0.1, 0.15) is 45.0 Å². The number of hydrogen-bond acceptors (Lipinski definition) is 7. The van der Waals surface area contributed by atoms with Gasteiger partial charge in [0.25, 0.3) is 0 Å². The van der Waals surface area contributed by atoms with Gasteiger partial charge in [0.05, 0.1) is 19.3 Å². The van der Waals surface area contributed by atoms with Crippen molar-refractivity contribution in [2.45, 2.75) is 45.3 Å². The van der Waals surface area contributed by atoms with E-state index in [1.807, 2.05) is 63.2 Å². The van der Waals surface area contributed by atoms with E-state index in [0.29, 0.717) is 36.2 Å². The lowest BCUT2D eigenvalue weighted by Gasteiger charge is -2.29. The molecule has 0 bridgehead atoms. The third-order valence-electron chi connectivity index (χ3n) is 5.65. The van der Waals surface area contributed by atoms with Crippen LogP contribution in [0.5, 0.6) is 17.4 Å². The fourth-order valence-corrected chi connectivity index (χ4v) is 3.87. The molecule has 0 radical (unpaired) electrons. The summed E-state index contributed by atoms with van der Waals surface area (Å²) in [4.78, 5) is 23.4. The summed E-state index contributed by atoms with van der Waals surface area (Å²) >= 11 is 0. The van der Waals surface area contributed by atoms with Crippen molar-refractivity contribution in [1.29, 1.82) is 0 Å². The molecule has 1 unspecified atom stereocenters. The minimum Gasteiger partial charge on any atom is -0.497 e. The van der Waals surface area contributed by atoms with Crippen LogP contribution in [0.4, 0.5) is 10.5 Å². The number of carbonyl (C=O) groups excluding carboxylic acids is 1. The first kappa shape index (κ1) is 25.8. The smallest absolute Gasteiger partial charge is 0.410 e. The maximum Gasteiger partial charge on any atom is 0.410 e. The van der Waals surface area contributed by atoms with Crippen LogP contribution in [-0.4, -0.2) is 52.8 Å². The summed E-state index contributed by atoms with van der Waals surface area (Å²) in [5.41, 5.74) is 0.938. The van der Waals surface area contributed by atoms with E-state index in [9.17, 15) is 4.79 Å². The number of nitrogens with zero attached hydrogens (tertiary/aromatic N) is 3. The third kappa shape index (κ3) is 7.37. The monoisotopic (exact) mass is 500 g/mol. The van der Waals surface area contributed by atoms with E-state index >= 15 is 0 Å². The number of benzene rings is 2. The van der Waals surface area contributed by atoms with Crippen molar-refractivity contribution in [1.82, 2.24) is 14.9 Å². The molecule has 1 saturated heterocycles. The molecule has 1 aliphatic heterocycles. The highest BCUT2D eigenvalue weighted by molar-refractivity contribution is 5.69. The Balaban J connectivity index is 1.53. The van der Waals surface area contributed by atoms with Crippen LogP contribution in [0.15, 0.2) is 60.8 Å². The first-order chi connectivity index (χ1) is 17.8. The van der Waals surface area contributed by atoms with Crippen molar-refractivity contribution in [3.05, 3.63) is 72.2 Å². The number of nitrogens with one attached hydrogen (secondary N) is 1. The van der Waals surface area contributed by atoms with Crippen LogP contribution in [0.25, 0.3) is 0 Å². The predicted molar refractivity (Wildman–Crippen MR) is 142 cm³/mol. The van der Waals surface area contributed by atoms with Crippen LogP contribution < -0.4 is 14.8 Å². The van der Waals surface area contributed by atoms with Crippen LogP contribution in [0.2, 0.25) is 0 Å². The Labute approximate surface area is 218 Å². The summed E-state index contributed by atoms with van der Waals surface area (Å²) in [7, 11) is 1.61. The molecule has 1 amide bonds. The molecule has 192 valence electrons. The second-order valence-corrected chi connectivity index (χ2v) is 9.66. The Morgan fingerprint density at radius 2 is 1.81 bits per heavy atom. The van der Waals surface area contributed by atoms with Crippen LogP contribution in [-0.2, 0) is 4.74 Å². The molecule has 37 heavy (non-hydrogen) atoms. The van der Waals surface area contributed by atoms with Gasteiger partial charge in [-0.25, -0.2) is 9.78 Å². The topological polar surface area (TPSA) is 85.8 Å². The zero-order valence-corrected chi connectivity index (χ0v) is 21.7. The number of likely N-dealkylation sites (tertiary alicyclic amines) is 1. The summed E-state index contributed by atoms with van der Waals surface area (Å²) in [5.74, 6) is 8.09. The third-order valence-corrected chi connectivity index (χ3v) is 5.65. The van der Waals surface area contributed by atoms with Crippen molar-refractivity contribution in [2.75, 3.05) is 25.5 Å². The Hall–Kier alpha value is -4.25. The van der Waals surface area contributed by atoms with Crippen molar-refractivity contribution in [2.24, 2.45) is 0 Å². The van der Waals surface area contributed by atoms with Gasteiger partial charge in [0.2, 0.25) is 11.7 Å². The number of rotatable bonds is 6. The van der Waals surface area contributed by atoms with Gasteiger partial charge in [-0.1, -0.05) is 24.1 Å². The van der Waals surface area contributed by atoms with E-state index in [1.54, 1.807) is 30.3 Å². The maximum absolute atomic E-state index is 12.7. The van der Waals surface area contributed by atoms with E-state index in [4.69, 9.17) is 14.2 Å². The highest BCUT2D eigenvalue weighted by Gasteiger charge is 2.32. The van der Waals surface area contributed by atoms with Gasteiger partial charge in [-0.05, 0) is 75.9 Å². The number of ether oxygens (including phenoxy) is 3. The molecule has 1 atom stereocenters. The fraction of sp³-hybridized carbons (Fsp3) is 0.345. The molecule has 1 aromatic heterocycles. The van der Waals surface area contributed by atoms with Crippen molar-refractivity contribution in [3.8, 4) is 29.2 Å². The Bertz CT molecular complexity index is 1260. The van der Waals surface area contributed by atoms with Gasteiger partial charge in [0.15, 0.2) is 0 Å². The number of aromatic nitrogens is 2. The molecule has 2 heterocycles. The predicted octanol–water partition coefficient (Wildman–Crippen LogP) is 5.49. The molecule has 1 aliphatic rings. The average Bonchev–Trinajstić information content (AvgIpc) is 3.36. The fourth-order valence-electron chi connectivity index (χ4n) is 3.87. The highest BCUT2D eigenvalue weighted by atomic mass is 16.6. The highest BCUT2D eigenvalue weighted by Crippen LogP contribution is 2.29. The molecule has 1 fully saturated rings. The number of hydrogen-bond donors (Lipinski definition) is 1. The number of amides is 1. The van der Waals surface area contributed by atoms with Crippen LogP contribution >= 0.6 is 0 Å². The summed E-state index contributed by atoms with van der Waals surface area (Å²) in [6.45, 7) is 6.79. The van der Waals surface area contributed by atoms with Gasteiger partial charge < -0.3 is 24.4 Å². The van der Waals surface area contributed by atoms with E-state index in [-0.39, 0.29) is 12.1 Å².